The molecule has 1 fully saturated rings. The summed E-state index contributed by atoms with van der Waals surface area (Å²) in [5.41, 5.74) is 0.928. The molecular formula is C21H27N3O6S2. The summed E-state index contributed by atoms with van der Waals surface area (Å²) in [5.74, 6) is 0.00263. The van der Waals surface area contributed by atoms with Gasteiger partial charge < -0.3 is 10.1 Å². The molecule has 1 heterocycles. The number of hydrogen-bond acceptors (Lipinski definition) is 6. The largest absolute Gasteiger partial charge is 0.481 e. The number of nitrogens with zero attached hydrogens (tertiary/aromatic N) is 2. The number of sulfonamides is 2. The third kappa shape index (κ3) is 5.59. The van der Waals surface area contributed by atoms with Crippen LogP contribution in [0.5, 0.6) is 5.75 Å². The minimum absolute atomic E-state index is 0.195. The normalized spacial score (nSPS) is 15.8. The Morgan fingerprint density at radius 3 is 2.09 bits per heavy atom. The molecule has 0 spiro atoms. The van der Waals surface area contributed by atoms with Crippen LogP contribution in [0.4, 0.5) is 11.4 Å². The molecule has 1 aliphatic heterocycles. The molecule has 11 heteroatoms. The molecule has 0 radical (unpaired) electrons. The Morgan fingerprint density at radius 2 is 1.56 bits per heavy atom. The summed E-state index contributed by atoms with van der Waals surface area (Å²) in [5, 5.41) is 2.70. The molecule has 0 bridgehead atoms. The fraction of sp³-hybridized carbons (Fsp3) is 0.381. The molecule has 1 saturated heterocycles. The molecule has 1 atom stereocenters. The average Bonchev–Trinajstić information content (AvgIpc) is 3.29. The topological polar surface area (TPSA) is 113 Å². The number of benzene rings is 2. The number of nitrogens with one attached hydrogen (secondary N) is 1. The predicted octanol–water partition coefficient (Wildman–Crippen LogP) is 2.27. The second-order valence-electron chi connectivity index (χ2n) is 7.61. The number of carbonyl (C=O) groups excluding carboxylic acids is 1. The number of amides is 1. The molecule has 174 valence electrons. The van der Waals surface area contributed by atoms with Crippen LogP contribution in [0.15, 0.2) is 53.4 Å². The quantitative estimate of drug-likeness (QED) is 0.619. The van der Waals surface area contributed by atoms with E-state index in [1.165, 1.54) is 23.5 Å². The lowest BCUT2D eigenvalue weighted by Crippen LogP contribution is -2.30. The SMILES string of the molecule is CC(Oc1ccc(N(C)S(C)(=O)=O)cc1)C(=O)Nc1ccc(S(=O)(=O)N2CCCC2)cc1. The molecule has 0 saturated carbocycles. The van der Waals surface area contributed by atoms with Crippen LogP contribution < -0.4 is 14.4 Å². The van der Waals surface area contributed by atoms with Crippen molar-refractivity contribution in [2.45, 2.75) is 30.8 Å². The smallest absolute Gasteiger partial charge is 0.265 e. The first kappa shape index (κ1) is 24.0. The maximum Gasteiger partial charge on any atom is 0.265 e. The highest BCUT2D eigenvalue weighted by molar-refractivity contribution is 7.92. The summed E-state index contributed by atoms with van der Waals surface area (Å²) in [6.07, 6.45) is 2.00. The van der Waals surface area contributed by atoms with Crippen LogP contribution in [0.25, 0.3) is 0 Å². The molecule has 1 amide bonds. The van der Waals surface area contributed by atoms with Crippen LogP contribution >= 0.6 is 0 Å². The van der Waals surface area contributed by atoms with Gasteiger partial charge in [0.2, 0.25) is 20.0 Å². The molecule has 32 heavy (non-hydrogen) atoms. The van der Waals surface area contributed by atoms with Gasteiger partial charge in [-0.05, 0) is 68.3 Å². The number of hydrogen-bond donors (Lipinski definition) is 1. The zero-order chi connectivity index (χ0) is 23.5. The standard InChI is InChI=1S/C21H27N3O6S2/c1-16(30-19-10-8-18(9-11-19)23(2)31(3,26)27)21(25)22-17-6-12-20(13-7-17)32(28,29)24-14-4-5-15-24/h6-13,16H,4-5,14-15H2,1-3H3,(H,22,25). The van der Waals surface area contributed by atoms with Gasteiger partial charge >= 0.3 is 0 Å². The Bertz CT molecular complexity index is 1160. The predicted molar refractivity (Wildman–Crippen MR) is 123 cm³/mol. The van der Waals surface area contributed by atoms with Crippen LogP contribution in [0.3, 0.4) is 0 Å². The van der Waals surface area contributed by atoms with E-state index in [0.29, 0.717) is 30.2 Å². The van der Waals surface area contributed by atoms with Crippen molar-refractivity contribution in [1.82, 2.24) is 4.31 Å². The fourth-order valence-electron chi connectivity index (χ4n) is 3.22. The second-order valence-corrected chi connectivity index (χ2v) is 11.6. The van der Waals surface area contributed by atoms with E-state index in [4.69, 9.17) is 4.74 Å². The highest BCUT2D eigenvalue weighted by atomic mass is 32.2. The third-order valence-electron chi connectivity index (χ3n) is 5.20. The van der Waals surface area contributed by atoms with E-state index >= 15 is 0 Å². The number of rotatable bonds is 8. The van der Waals surface area contributed by atoms with Crippen molar-refractivity contribution < 1.29 is 26.4 Å². The van der Waals surface area contributed by atoms with E-state index in [1.54, 1.807) is 43.3 Å². The van der Waals surface area contributed by atoms with Gasteiger partial charge in [-0.3, -0.25) is 9.10 Å². The van der Waals surface area contributed by atoms with Gasteiger partial charge in [-0.1, -0.05) is 0 Å². The maximum atomic E-state index is 12.6. The Kier molecular flexibility index (Phi) is 7.11. The maximum absolute atomic E-state index is 12.6. The highest BCUT2D eigenvalue weighted by Gasteiger charge is 2.27. The summed E-state index contributed by atoms with van der Waals surface area (Å²) in [4.78, 5) is 12.7. The molecule has 2 aromatic rings. The summed E-state index contributed by atoms with van der Waals surface area (Å²) in [6, 6.07) is 12.4. The summed E-state index contributed by atoms with van der Waals surface area (Å²) >= 11 is 0. The zero-order valence-electron chi connectivity index (χ0n) is 18.2. The van der Waals surface area contributed by atoms with Crippen LogP contribution in [0.2, 0.25) is 0 Å². The van der Waals surface area contributed by atoms with E-state index in [0.717, 1.165) is 23.4 Å². The van der Waals surface area contributed by atoms with Crippen molar-refractivity contribution in [2.24, 2.45) is 0 Å². The highest BCUT2D eigenvalue weighted by Crippen LogP contribution is 2.23. The van der Waals surface area contributed by atoms with Crippen molar-refractivity contribution in [3.8, 4) is 5.75 Å². The van der Waals surface area contributed by atoms with Crippen LogP contribution in [-0.4, -0.2) is 59.5 Å². The number of carbonyl (C=O) groups is 1. The van der Waals surface area contributed by atoms with Gasteiger partial charge in [0.05, 0.1) is 16.8 Å². The molecular weight excluding hydrogens is 454 g/mol. The van der Waals surface area contributed by atoms with Gasteiger partial charge in [0.25, 0.3) is 5.91 Å². The van der Waals surface area contributed by atoms with Crippen molar-refractivity contribution in [1.29, 1.82) is 0 Å². The Balaban J connectivity index is 1.60. The van der Waals surface area contributed by atoms with Gasteiger partial charge in [-0.15, -0.1) is 0 Å². The molecule has 2 aromatic carbocycles. The first-order valence-corrected chi connectivity index (χ1v) is 13.4. The molecule has 1 aliphatic rings. The van der Waals surface area contributed by atoms with E-state index in [-0.39, 0.29) is 4.90 Å². The molecule has 0 aliphatic carbocycles. The van der Waals surface area contributed by atoms with Crippen LogP contribution in [0.1, 0.15) is 19.8 Å². The van der Waals surface area contributed by atoms with Gasteiger partial charge in [0.15, 0.2) is 6.10 Å². The number of anilines is 2. The van der Waals surface area contributed by atoms with E-state index in [1.807, 2.05) is 0 Å². The Hall–Kier alpha value is -2.63. The van der Waals surface area contributed by atoms with E-state index < -0.39 is 32.1 Å². The van der Waals surface area contributed by atoms with Crippen LogP contribution in [0, 0.1) is 0 Å². The molecule has 1 unspecified atom stereocenters. The van der Waals surface area contributed by atoms with Crippen molar-refractivity contribution >= 4 is 37.3 Å². The minimum Gasteiger partial charge on any atom is -0.481 e. The lowest BCUT2D eigenvalue weighted by Gasteiger charge is -2.18. The van der Waals surface area contributed by atoms with E-state index in [9.17, 15) is 21.6 Å². The Morgan fingerprint density at radius 1 is 1.00 bits per heavy atom. The van der Waals surface area contributed by atoms with Crippen LogP contribution in [-0.2, 0) is 24.8 Å². The number of ether oxygens (including phenoxy) is 1. The average molecular weight is 482 g/mol. The lowest BCUT2D eigenvalue weighted by atomic mass is 10.3. The first-order chi connectivity index (χ1) is 15.0. The monoisotopic (exact) mass is 481 g/mol. The minimum atomic E-state index is -3.51. The summed E-state index contributed by atoms with van der Waals surface area (Å²) < 4.78 is 56.6. The van der Waals surface area contributed by atoms with Gasteiger partial charge in [-0.25, -0.2) is 16.8 Å². The first-order valence-electron chi connectivity index (χ1n) is 10.1. The molecule has 9 nitrogen and oxygen atoms in total. The molecule has 3 rings (SSSR count). The second kappa shape index (κ2) is 9.47. The van der Waals surface area contributed by atoms with Crippen molar-refractivity contribution in [3.05, 3.63) is 48.5 Å². The van der Waals surface area contributed by atoms with Gasteiger partial charge in [-0.2, -0.15) is 4.31 Å². The summed E-state index contributed by atoms with van der Waals surface area (Å²) in [7, 11) is -5.43. The molecule has 1 N–H and O–H groups in total. The Labute approximate surface area is 189 Å². The molecule has 0 aromatic heterocycles. The zero-order valence-corrected chi connectivity index (χ0v) is 19.8. The van der Waals surface area contributed by atoms with Crippen molar-refractivity contribution in [2.75, 3.05) is 36.0 Å². The van der Waals surface area contributed by atoms with Crippen molar-refractivity contribution in [3.63, 3.8) is 0 Å². The lowest BCUT2D eigenvalue weighted by molar-refractivity contribution is -0.122. The third-order valence-corrected chi connectivity index (χ3v) is 8.32. The van der Waals surface area contributed by atoms with E-state index in [2.05, 4.69) is 5.32 Å². The summed E-state index contributed by atoms with van der Waals surface area (Å²) in [6.45, 7) is 2.64. The fourth-order valence-corrected chi connectivity index (χ4v) is 5.24. The van der Waals surface area contributed by atoms with Gasteiger partial charge in [0.1, 0.15) is 5.75 Å². The van der Waals surface area contributed by atoms with Gasteiger partial charge in [0, 0.05) is 25.8 Å².